The molecule has 0 aromatic carbocycles. The second kappa shape index (κ2) is 6.82. The number of carboxylic acids is 1. The number of ether oxygens (including phenoxy) is 1. The summed E-state index contributed by atoms with van der Waals surface area (Å²) >= 11 is 0. The third-order valence-electron chi connectivity index (χ3n) is 2.34. The van der Waals surface area contributed by atoms with E-state index in [4.69, 9.17) is 5.11 Å². The molecule has 0 aliphatic carbocycles. The molecule has 0 spiro atoms. The van der Waals surface area contributed by atoms with Gasteiger partial charge in [-0.15, -0.1) is 0 Å². The van der Waals surface area contributed by atoms with Gasteiger partial charge in [0.15, 0.2) is 0 Å². The average Bonchev–Trinajstić information content (AvgIpc) is 2.22. The standard InChI is InChI=1S/C9H19NO5S/c1-4-7(2)8(9(11)12)10-16(13,14)6-5-15-3/h7-8,10H,4-6H2,1-3H3,(H,11,12)/t7?,8-/m0/s1. The van der Waals surface area contributed by atoms with E-state index in [-0.39, 0.29) is 18.3 Å². The second-order valence-corrected chi connectivity index (χ2v) is 5.50. The molecule has 1 unspecified atom stereocenters. The van der Waals surface area contributed by atoms with Crippen molar-refractivity contribution in [3.05, 3.63) is 0 Å². The Morgan fingerprint density at radius 1 is 1.50 bits per heavy atom. The van der Waals surface area contributed by atoms with Crippen LogP contribution in [0.25, 0.3) is 0 Å². The van der Waals surface area contributed by atoms with Crippen molar-refractivity contribution in [3.8, 4) is 0 Å². The highest BCUT2D eigenvalue weighted by molar-refractivity contribution is 7.89. The summed E-state index contributed by atoms with van der Waals surface area (Å²) in [5.74, 6) is -1.64. The maximum Gasteiger partial charge on any atom is 0.322 e. The maximum absolute atomic E-state index is 11.5. The van der Waals surface area contributed by atoms with Crippen LogP contribution < -0.4 is 4.72 Å². The van der Waals surface area contributed by atoms with Gasteiger partial charge < -0.3 is 9.84 Å². The molecule has 0 aromatic heterocycles. The Bertz CT molecular complexity index is 314. The van der Waals surface area contributed by atoms with Crippen LogP contribution in [0, 0.1) is 5.92 Å². The van der Waals surface area contributed by atoms with Gasteiger partial charge in [0.2, 0.25) is 10.0 Å². The first-order valence-corrected chi connectivity index (χ1v) is 6.71. The average molecular weight is 253 g/mol. The molecule has 0 fully saturated rings. The van der Waals surface area contributed by atoms with Crippen molar-refractivity contribution in [1.82, 2.24) is 4.72 Å². The van der Waals surface area contributed by atoms with Crippen molar-refractivity contribution >= 4 is 16.0 Å². The molecule has 0 bridgehead atoms. The monoisotopic (exact) mass is 253 g/mol. The molecule has 0 saturated heterocycles. The number of nitrogens with one attached hydrogen (secondary N) is 1. The minimum atomic E-state index is -3.60. The normalized spacial score (nSPS) is 15.7. The van der Waals surface area contributed by atoms with Crippen LogP contribution in [0.4, 0.5) is 0 Å². The van der Waals surface area contributed by atoms with E-state index in [0.717, 1.165) is 0 Å². The topological polar surface area (TPSA) is 92.7 Å². The molecule has 2 atom stereocenters. The molecular formula is C9H19NO5S. The number of aliphatic carboxylic acids is 1. The highest BCUT2D eigenvalue weighted by Crippen LogP contribution is 2.09. The first kappa shape index (κ1) is 15.3. The molecule has 0 aliphatic heterocycles. The number of hydrogen-bond donors (Lipinski definition) is 2. The molecule has 0 aliphatic rings. The van der Waals surface area contributed by atoms with E-state index in [1.165, 1.54) is 7.11 Å². The van der Waals surface area contributed by atoms with Gasteiger partial charge in [0, 0.05) is 7.11 Å². The van der Waals surface area contributed by atoms with Crippen molar-refractivity contribution < 1.29 is 23.1 Å². The molecule has 16 heavy (non-hydrogen) atoms. The maximum atomic E-state index is 11.5. The van der Waals surface area contributed by atoms with E-state index in [1.807, 2.05) is 6.92 Å². The van der Waals surface area contributed by atoms with E-state index >= 15 is 0 Å². The van der Waals surface area contributed by atoms with Gasteiger partial charge in [0.25, 0.3) is 0 Å². The SMILES string of the molecule is CCC(C)[C@H](NS(=O)(=O)CCOC)C(=O)O. The predicted octanol–water partition coefficient (Wildman–Crippen LogP) is 0.0515. The van der Waals surface area contributed by atoms with Gasteiger partial charge in [-0.3, -0.25) is 4.79 Å². The van der Waals surface area contributed by atoms with Crippen LogP contribution in [0.15, 0.2) is 0 Å². The van der Waals surface area contributed by atoms with Crippen molar-refractivity contribution in [2.75, 3.05) is 19.5 Å². The number of carbonyl (C=O) groups is 1. The molecule has 6 nitrogen and oxygen atoms in total. The molecule has 7 heteroatoms. The van der Waals surface area contributed by atoms with Crippen molar-refractivity contribution in [2.24, 2.45) is 5.92 Å². The Hall–Kier alpha value is -0.660. The molecule has 0 radical (unpaired) electrons. The molecule has 0 rings (SSSR count). The number of sulfonamides is 1. The summed E-state index contributed by atoms with van der Waals surface area (Å²) in [7, 11) is -2.21. The number of carboxylic acid groups (broad SMARTS) is 1. The van der Waals surface area contributed by atoms with E-state index < -0.39 is 22.0 Å². The summed E-state index contributed by atoms with van der Waals surface area (Å²) < 4.78 is 29.8. The molecule has 0 amide bonds. The Balaban J connectivity index is 4.57. The summed E-state index contributed by atoms with van der Waals surface area (Å²) in [6, 6.07) is -1.08. The fourth-order valence-corrected chi connectivity index (χ4v) is 2.32. The largest absolute Gasteiger partial charge is 0.480 e. The summed E-state index contributed by atoms with van der Waals surface area (Å²) in [5.41, 5.74) is 0. The van der Waals surface area contributed by atoms with Crippen molar-refractivity contribution in [3.63, 3.8) is 0 Å². The summed E-state index contributed by atoms with van der Waals surface area (Å²) in [4.78, 5) is 10.9. The van der Waals surface area contributed by atoms with Crippen LogP contribution in [0.3, 0.4) is 0 Å². The zero-order valence-electron chi connectivity index (χ0n) is 9.76. The predicted molar refractivity (Wildman–Crippen MR) is 59.7 cm³/mol. The highest BCUT2D eigenvalue weighted by Gasteiger charge is 2.27. The van der Waals surface area contributed by atoms with Crippen LogP contribution in [-0.2, 0) is 19.6 Å². The zero-order chi connectivity index (χ0) is 12.8. The number of methoxy groups -OCH3 is 1. The van der Waals surface area contributed by atoms with Crippen LogP contribution in [0.2, 0.25) is 0 Å². The minimum absolute atomic E-state index is 0.0438. The highest BCUT2D eigenvalue weighted by atomic mass is 32.2. The number of rotatable bonds is 8. The van der Waals surface area contributed by atoms with Crippen LogP contribution >= 0.6 is 0 Å². The molecule has 0 aromatic rings. The van der Waals surface area contributed by atoms with Crippen LogP contribution in [0.5, 0.6) is 0 Å². The third kappa shape index (κ3) is 5.43. The van der Waals surface area contributed by atoms with Gasteiger partial charge >= 0.3 is 5.97 Å². The van der Waals surface area contributed by atoms with E-state index in [0.29, 0.717) is 6.42 Å². The number of hydrogen-bond acceptors (Lipinski definition) is 4. The lowest BCUT2D eigenvalue weighted by Crippen LogP contribution is -2.46. The lowest BCUT2D eigenvalue weighted by molar-refractivity contribution is -0.140. The minimum Gasteiger partial charge on any atom is -0.480 e. The fourth-order valence-electron chi connectivity index (χ4n) is 1.09. The Kier molecular flexibility index (Phi) is 6.54. The summed E-state index contributed by atoms with van der Waals surface area (Å²) in [6.07, 6.45) is 0.587. The van der Waals surface area contributed by atoms with Gasteiger partial charge in [0.1, 0.15) is 6.04 Å². The van der Waals surface area contributed by atoms with Gasteiger partial charge in [-0.25, -0.2) is 13.1 Å². The third-order valence-corrected chi connectivity index (χ3v) is 3.66. The van der Waals surface area contributed by atoms with E-state index in [9.17, 15) is 13.2 Å². The molecule has 96 valence electrons. The van der Waals surface area contributed by atoms with Crippen LogP contribution in [0.1, 0.15) is 20.3 Å². The lowest BCUT2D eigenvalue weighted by atomic mass is 10.0. The zero-order valence-corrected chi connectivity index (χ0v) is 10.6. The molecule has 2 N–H and O–H groups in total. The molecule has 0 saturated carbocycles. The first-order valence-electron chi connectivity index (χ1n) is 5.05. The summed E-state index contributed by atoms with van der Waals surface area (Å²) in [6.45, 7) is 3.55. The fraction of sp³-hybridized carbons (Fsp3) is 0.889. The van der Waals surface area contributed by atoms with Gasteiger partial charge in [-0.2, -0.15) is 0 Å². The second-order valence-electron chi connectivity index (χ2n) is 3.63. The Morgan fingerprint density at radius 3 is 2.44 bits per heavy atom. The smallest absolute Gasteiger partial charge is 0.322 e. The van der Waals surface area contributed by atoms with Gasteiger partial charge in [0.05, 0.1) is 12.4 Å². The Morgan fingerprint density at radius 2 is 2.06 bits per heavy atom. The lowest BCUT2D eigenvalue weighted by Gasteiger charge is -2.19. The van der Waals surface area contributed by atoms with Crippen LogP contribution in [-0.4, -0.2) is 45.0 Å². The van der Waals surface area contributed by atoms with E-state index in [1.54, 1.807) is 6.92 Å². The molecule has 0 heterocycles. The van der Waals surface area contributed by atoms with E-state index in [2.05, 4.69) is 9.46 Å². The summed E-state index contributed by atoms with van der Waals surface area (Å²) in [5, 5.41) is 8.91. The van der Waals surface area contributed by atoms with Gasteiger partial charge in [-0.1, -0.05) is 20.3 Å². The first-order chi connectivity index (χ1) is 7.34. The van der Waals surface area contributed by atoms with Gasteiger partial charge in [-0.05, 0) is 5.92 Å². The Labute approximate surface area is 96.0 Å². The quantitative estimate of drug-likeness (QED) is 0.637. The van der Waals surface area contributed by atoms with Crippen molar-refractivity contribution in [2.45, 2.75) is 26.3 Å². The van der Waals surface area contributed by atoms with Crippen molar-refractivity contribution in [1.29, 1.82) is 0 Å². The molecular weight excluding hydrogens is 234 g/mol.